The number of benzene rings is 2. The van der Waals surface area contributed by atoms with Crippen LogP contribution in [0.25, 0.3) is 21.8 Å². The van der Waals surface area contributed by atoms with E-state index < -0.39 is 11.8 Å². The number of Topliss-reactive ketones (excluding diaryl/α,β-unsaturated/α-hetero) is 2. The van der Waals surface area contributed by atoms with Gasteiger partial charge < -0.3 is 9.30 Å². The van der Waals surface area contributed by atoms with Crippen LogP contribution >= 0.6 is 0 Å². The average molecular weight is 414 g/mol. The lowest BCUT2D eigenvalue weighted by Gasteiger charge is -2.05. The zero-order chi connectivity index (χ0) is 22.0. The summed E-state index contributed by atoms with van der Waals surface area (Å²) < 4.78 is 7.12. The van der Waals surface area contributed by atoms with E-state index in [1.54, 1.807) is 19.1 Å². The van der Waals surface area contributed by atoms with E-state index in [-0.39, 0.29) is 30.2 Å². The van der Waals surface area contributed by atoms with Gasteiger partial charge in [0.2, 0.25) is 0 Å². The molecule has 0 aliphatic rings. The number of nitrogens with zero attached hydrogens (tertiary/aromatic N) is 2. The highest BCUT2D eigenvalue weighted by Crippen LogP contribution is 2.30. The molecule has 0 saturated carbocycles. The minimum atomic E-state index is -0.596. The molecule has 0 fully saturated rings. The van der Waals surface area contributed by atoms with Crippen LogP contribution in [0.15, 0.2) is 60.7 Å². The van der Waals surface area contributed by atoms with Gasteiger partial charge in [0.15, 0.2) is 11.6 Å². The molecule has 2 aromatic heterocycles. The Bertz CT molecular complexity index is 1320. The van der Waals surface area contributed by atoms with Crippen LogP contribution in [-0.2, 0) is 11.3 Å². The molecule has 6 heteroatoms. The second-order valence-corrected chi connectivity index (χ2v) is 7.15. The molecule has 0 aliphatic heterocycles. The van der Waals surface area contributed by atoms with Gasteiger partial charge in [0, 0.05) is 33.9 Å². The largest absolute Gasteiger partial charge is 0.461 e. The Kier molecular flexibility index (Phi) is 5.62. The molecule has 4 rings (SSSR count). The van der Waals surface area contributed by atoms with Crippen molar-refractivity contribution in [2.75, 3.05) is 6.61 Å². The Hall–Kier alpha value is -3.80. The van der Waals surface area contributed by atoms with Crippen molar-refractivity contribution in [2.45, 2.75) is 26.8 Å². The summed E-state index contributed by atoms with van der Waals surface area (Å²) in [4.78, 5) is 41.4. The second-order valence-electron chi connectivity index (χ2n) is 7.15. The third kappa shape index (κ3) is 3.84. The fourth-order valence-electron chi connectivity index (χ4n) is 3.81. The molecule has 0 aliphatic carbocycles. The lowest BCUT2D eigenvalue weighted by Crippen LogP contribution is -2.13. The van der Waals surface area contributed by atoms with Gasteiger partial charge in [-0.2, -0.15) is 0 Å². The van der Waals surface area contributed by atoms with E-state index in [0.29, 0.717) is 5.56 Å². The van der Waals surface area contributed by atoms with E-state index in [1.165, 1.54) is 12.1 Å². The van der Waals surface area contributed by atoms with Crippen molar-refractivity contribution in [3.8, 4) is 0 Å². The lowest BCUT2D eigenvalue weighted by molar-refractivity contribution is 0.0519. The molecule has 0 saturated heterocycles. The van der Waals surface area contributed by atoms with Crippen molar-refractivity contribution in [3.05, 3.63) is 77.6 Å². The summed E-state index contributed by atoms with van der Waals surface area (Å²) in [6, 6.07) is 18.1. The van der Waals surface area contributed by atoms with Crippen molar-refractivity contribution < 1.29 is 19.1 Å². The van der Waals surface area contributed by atoms with E-state index in [9.17, 15) is 14.4 Å². The smallest absolute Gasteiger partial charge is 0.356 e. The summed E-state index contributed by atoms with van der Waals surface area (Å²) in [5, 5.41) is 2.06. The van der Waals surface area contributed by atoms with Gasteiger partial charge in [-0.05, 0) is 50.2 Å². The fourth-order valence-corrected chi connectivity index (χ4v) is 3.81. The Balaban J connectivity index is 1.62. The predicted octanol–water partition coefficient (Wildman–Crippen LogP) is 4.84. The molecule has 0 bridgehead atoms. The van der Waals surface area contributed by atoms with Gasteiger partial charge in [0.1, 0.15) is 11.4 Å². The predicted molar refractivity (Wildman–Crippen MR) is 119 cm³/mol. The SMILES string of the molecule is CCOC(=O)c1cccc(C(=O)CC(=O)c2ccc3c(c2)c2ccccc2n3CC)n1. The van der Waals surface area contributed by atoms with Crippen LogP contribution in [0.5, 0.6) is 0 Å². The Morgan fingerprint density at radius 2 is 1.58 bits per heavy atom. The van der Waals surface area contributed by atoms with Gasteiger partial charge in [-0.25, -0.2) is 9.78 Å². The van der Waals surface area contributed by atoms with Crippen LogP contribution in [-0.4, -0.2) is 33.7 Å². The molecule has 6 nitrogen and oxygen atoms in total. The molecule has 4 aromatic rings. The van der Waals surface area contributed by atoms with E-state index in [0.717, 1.165) is 28.4 Å². The topological polar surface area (TPSA) is 78.3 Å². The fraction of sp³-hybridized carbons (Fsp3) is 0.200. The first-order valence-corrected chi connectivity index (χ1v) is 10.2. The minimum absolute atomic E-state index is 0.0499. The molecular weight excluding hydrogens is 392 g/mol. The number of ether oxygens (including phenoxy) is 1. The maximum atomic E-state index is 12.9. The summed E-state index contributed by atoms with van der Waals surface area (Å²) in [5.74, 6) is -1.32. The Morgan fingerprint density at radius 1 is 0.839 bits per heavy atom. The number of carbonyl (C=O) groups excluding carboxylic acids is 3. The summed E-state index contributed by atoms with van der Waals surface area (Å²) in [7, 11) is 0. The number of rotatable bonds is 7. The standard InChI is InChI=1S/C25H22N2O4/c1-3-27-21-11-6-5-8-17(21)18-14-16(12-13-22(18)27)23(28)15-24(29)19-9-7-10-20(26-19)25(30)31-4-2/h5-14H,3-4,15H2,1-2H3. The molecule has 0 N–H and O–H groups in total. The monoisotopic (exact) mass is 414 g/mol. The number of pyridine rings is 1. The third-order valence-corrected chi connectivity index (χ3v) is 5.25. The van der Waals surface area contributed by atoms with Crippen molar-refractivity contribution in [2.24, 2.45) is 0 Å². The van der Waals surface area contributed by atoms with E-state index in [4.69, 9.17) is 4.74 Å². The molecule has 2 aromatic carbocycles. The van der Waals surface area contributed by atoms with Gasteiger partial charge in [0.25, 0.3) is 0 Å². The molecule has 0 radical (unpaired) electrons. The van der Waals surface area contributed by atoms with E-state index in [1.807, 2.05) is 30.3 Å². The van der Waals surface area contributed by atoms with Crippen molar-refractivity contribution in [3.63, 3.8) is 0 Å². The molecule has 0 amide bonds. The van der Waals surface area contributed by atoms with Crippen LogP contribution in [0.4, 0.5) is 0 Å². The quantitative estimate of drug-likeness (QED) is 0.246. The van der Waals surface area contributed by atoms with Crippen molar-refractivity contribution in [1.29, 1.82) is 0 Å². The molecule has 31 heavy (non-hydrogen) atoms. The maximum absolute atomic E-state index is 12.9. The number of hydrogen-bond acceptors (Lipinski definition) is 5. The summed E-state index contributed by atoms with van der Waals surface area (Å²) in [6.07, 6.45) is -0.322. The number of fused-ring (bicyclic) bond motifs is 3. The van der Waals surface area contributed by atoms with Gasteiger partial charge in [-0.1, -0.05) is 24.3 Å². The van der Waals surface area contributed by atoms with Crippen LogP contribution in [0.2, 0.25) is 0 Å². The highest BCUT2D eigenvalue weighted by molar-refractivity contribution is 6.16. The molecule has 2 heterocycles. The van der Waals surface area contributed by atoms with E-state index in [2.05, 4.69) is 22.5 Å². The van der Waals surface area contributed by atoms with Gasteiger partial charge >= 0.3 is 5.97 Å². The Labute approximate surface area is 179 Å². The maximum Gasteiger partial charge on any atom is 0.356 e. The zero-order valence-electron chi connectivity index (χ0n) is 17.4. The molecule has 0 unspecified atom stereocenters. The first-order chi connectivity index (χ1) is 15.0. The normalized spacial score (nSPS) is 11.0. The average Bonchev–Trinajstić information content (AvgIpc) is 3.12. The van der Waals surface area contributed by atoms with Gasteiger partial charge in [-0.15, -0.1) is 0 Å². The summed E-state index contributed by atoms with van der Waals surface area (Å²) >= 11 is 0. The third-order valence-electron chi connectivity index (χ3n) is 5.25. The number of aryl methyl sites for hydroxylation is 1. The van der Waals surface area contributed by atoms with Gasteiger partial charge in [0.05, 0.1) is 13.0 Å². The van der Waals surface area contributed by atoms with Crippen LogP contribution in [0.3, 0.4) is 0 Å². The summed E-state index contributed by atoms with van der Waals surface area (Å²) in [6.45, 7) is 4.81. The Morgan fingerprint density at radius 3 is 2.35 bits per heavy atom. The zero-order valence-corrected chi connectivity index (χ0v) is 17.4. The first kappa shape index (κ1) is 20.5. The highest BCUT2D eigenvalue weighted by atomic mass is 16.5. The number of carbonyl (C=O) groups is 3. The number of hydrogen-bond donors (Lipinski definition) is 0. The lowest BCUT2D eigenvalue weighted by atomic mass is 10.0. The molecule has 156 valence electrons. The molecule has 0 spiro atoms. The van der Waals surface area contributed by atoms with E-state index >= 15 is 0 Å². The second kappa shape index (κ2) is 8.52. The molecular formula is C25H22N2O4. The number of para-hydroxylation sites is 1. The van der Waals surface area contributed by atoms with Crippen LogP contribution in [0, 0.1) is 0 Å². The number of esters is 1. The van der Waals surface area contributed by atoms with Crippen molar-refractivity contribution >= 4 is 39.3 Å². The van der Waals surface area contributed by atoms with Crippen LogP contribution in [0.1, 0.15) is 51.6 Å². The first-order valence-electron chi connectivity index (χ1n) is 10.2. The number of aromatic nitrogens is 2. The van der Waals surface area contributed by atoms with Crippen molar-refractivity contribution in [1.82, 2.24) is 9.55 Å². The summed E-state index contributed by atoms with van der Waals surface area (Å²) in [5.41, 5.74) is 2.76. The van der Waals surface area contributed by atoms with Gasteiger partial charge in [-0.3, -0.25) is 9.59 Å². The van der Waals surface area contributed by atoms with Crippen LogP contribution < -0.4 is 0 Å². The highest BCUT2D eigenvalue weighted by Gasteiger charge is 2.18. The minimum Gasteiger partial charge on any atom is -0.461 e. The molecule has 0 atom stereocenters. The number of ketones is 2.